The monoisotopic (exact) mass is 534 g/mol. The van der Waals surface area contributed by atoms with E-state index in [1.165, 1.54) is 12.8 Å². The Morgan fingerprint density at radius 1 is 1.10 bits per heavy atom. The van der Waals surface area contributed by atoms with Crippen molar-refractivity contribution >= 4 is 28.9 Å². The summed E-state index contributed by atoms with van der Waals surface area (Å²) in [6.45, 7) is 5.41. The number of aliphatic hydroxyl groups excluding tert-OH is 1. The molecule has 0 radical (unpaired) electrons. The third-order valence-electron chi connectivity index (χ3n) is 6.91. The lowest BCUT2D eigenvalue weighted by atomic mass is 10.0. The number of amides is 2. The fourth-order valence-electron chi connectivity index (χ4n) is 4.24. The lowest BCUT2D eigenvalue weighted by molar-refractivity contribution is -0.119. The first kappa shape index (κ1) is 30.1. The summed E-state index contributed by atoms with van der Waals surface area (Å²) in [5, 5.41) is 13.8. The third-order valence-corrected chi connectivity index (χ3v) is 6.91. The van der Waals surface area contributed by atoms with Crippen molar-refractivity contribution in [2.45, 2.75) is 38.7 Å². The molecule has 2 aliphatic rings. The van der Waals surface area contributed by atoms with Gasteiger partial charge in [-0.25, -0.2) is 0 Å². The van der Waals surface area contributed by atoms with Gasteiger partial charge in [0.2, 0.25) is 6.41 Å². The molecular formula is C31H42N4O4. The van der Waals surface area contributed by atoms with Gasteiger partial charge in [0.1, 0.15) is 0 Å². The van der Waals surface area contributed by atoms with E-state index in [0.717, 1.165) is 47.5 Å². The van der Waals surface area contributed by atoms with Crippen molar-refractivity contribution < 1.29 is 19.4 Å². The van der Waals surface area contributed by atoms with E-state index in [0.29, 0.717) is 38.2 Å². The van der Waals surface area contributed by atoms with Crippen LogP contribution in [0.4, 0.5) is 5.69 Å². The molecule has 2 amide bonds. The second-order valence-corrected chi connectivity index (χ2v) is 9.92. The number of hydrogen-bond donors (Lipinski definition) is 2. The molecule has 1 saturated carbocycles. The number of carbonyl (C=O) groups is 2. The smallest absolute Gasteiger partial charge is 0.253 e. The van der Waals surface area contributed by atoms with Crippen molar-refractivity contribution in [3.63, 3.8) is 0 Å². The van der Waals surface area contributed by atoms with Crippen LogP contribution in [-0.2, 0) is 16.0 Å². The minimum Gasteiger partial charge on any atom is -0.393 e. The number of nitrogens with zero attached hydrogens (tertiary/aromatic N) is 3. The van der Waals surface area contributed by atoms with Gasteiger partial charge < -0.3 is 25.0 Å². The number of methoxy groups -OCH3 is 1. The zero-order chi connectivity index (χ0) is 28.0. The van der Waals surface area contributed by atoms with Crippen LogP contribution in [0.5, 0.6) is 0 Å². The van der Waals surface area contributed by atoms with Crippen LogP contribution >= 0.6 is 0 Å². The van der Waals surface area contributed by atoms with Crippen LogP contribution in [0.2, 0.25) is 0 Å². The summed E-state index contributed by atoms with van der Waals surface area (Å²) in [5.74, 6) is 0.957. The number of piperazine rings is 1. The summed E-state index contributed by atoms with van der Waals surface area (Å²) in [6, 6.07) is 17.5. The summed E-state index contributed by atoms with van der Waals surface area (Å²) in [6.07, 6.45) is 6.63. The molecule has 1 aliphatic heterocycles. The Bertz CT molecular complexity index is 1150. The summed E-state index contributed by atoms with van der Waals surface area (Å²) >= 11 is 0. The first-order valence-corrected chi connectivity index (χ1v) is 13.7. The van der Waals surface area contributed by atoms with Gasteiger partial charge in [0, 0.05) is 76.2 Å². The predicted octanol–water partition coefficient (Wildman–Crippen LogP) is 4.23. The number of anilines is 1. The molecule has 1 saturated heterocycles. The molecule has 8 nitrogen and oxygen atoms in total. The topological polar surface area (TPSA) is 95.0 Å². The zero-order valence-corrected chi connectivity index (χ0v) is 23.4. The predicted molar refractivity (Wildman–Crippen MR) is 156 cm³/mol. The number of nitrogens with one attached hydrogen (secondary N) is 1. The van der Waals surface area contributed by atoms with Crippen LogP contribution in [-0.4, -0.2) is 85.3 Å². The summed E-state index contributed by atoms with van der Waals surface area (Å²) in [4.78, 5) is 30.6. The highest BCUT2D eigenvalue weighted by molar-refractivity contribution is 5.94. The fraction of sp³-hybridized carbons (Fsp3) is 0.452. The molecule has 5 rings (SSSR count). The number of hydrogen-bond acceptors (Lipinski definition) is 6. The van der Waals surface area contributed by atoms with Crippen molar-refractivity contribution in [1.29, 1.82) is 0 Å². The molecule has 2 fully saturated rings. The second-order valence-electron chi connectivity index (χ2n) is 9.92. The maximum absolute atomic E-state index is 12.2. The second kappa shape index (κ2) is 15.8. The molecule has 8 heteroatoms. The quantitative estimate of drug-likeness (QED) is 0.420. The van der Waals surface area contributed by atoms with E-state index >= 15 is 0 Å². The van der Waals surface area contributed by atoms with Gasteiger partial charge in [-0.3, -0.25) is 14.6 Å². The average molecular weight is 535 g/mol. The van der Waals surface area contributed by atoms with Crippen LogP contribution in [0.3, 0.4) is 0 Å². The molecule has 1 aliphatic carbocycles. The van der Waals surface area contributed by atoms with Gasteiger partial charge in [-0.1, -0.05) is 31.2 Å². The van der Waals surface area contributed by atoms with Gasteiger partial charge in [0.15, 0.2) is 0 Å². The van der Waals surface area contributed by atoms with E-state index in [1.54, 1.807) is 23.1 Å². The molecule has 2 heterocycles. The Hall–Kier alpha value is -3.49. The van der Waals surface area contributed by atoms with E-state index in [2.05, 4.69) is 10.3 Å². The van der Waals surface area contributed by atoms with Gasteiger partial charge in [-0.15, -0.1) is 0 Å². The standard InChI is InChI=1S/C13H17N3O2.C13H15NO.C5H10O/c1-14-12-4-2-11(3-5-12)13(18)16-8-6-15(10-17)7-9-16;1-2-12(15)9-11-6-3-5-10-7-4-8-14-13(10)11;1-6-4-5-2-3-5/h2-5,10,14H,6-9H2,1H3;3-8,12,15H,2,9H2,1H3;5H,2-4H2,1H3. The highest BCUT2D eigenvalue weighted by Gasteiger charge is 2.21. The maximum atomic E-state index is 12.2. The van der Waals surface area contributed by atoms with E-state index < -0.39 is 0 Å². The Labute approximate surface area is 232 Å². The Morgan fingerprint density at radius 2 is 1.79 bits per heavy atom. The molecule has 210 valence electrons. The van der Waals surface area contributed by atoms with E-state index in [1.807, 2.05) is 68.6 Å². The molecule has 1 atom stereocenters. The molecule has 2 N–H and O–H groups in total. The first-order valence-electron chi connectivity index (χ1n) is 13.7. The van der Waals surface area contributed by atoms with E-state index in [-0.39, 0.29) is 12.0 Å². The number of fused-ring (bicyclic) bond motifs is 1. The van der Waals surface area contributed by atoms with Gasteiger partial charge in [0.25, 0.3) is 5.91 Å². The van der Waals surface area contributed by atoms with Gasteiger partial charge in [-0.05, 0) is 61.1 Å². The highest BCUT2D eigenvalue weighted by Crippen LogP contribution is 2.28. The molecule has 2 aromatic carbocycles. The molecule has 39 heavy (non-hydrogen) atoms. The molecular weight excluding hydrogens is 492 g/mol. The summed E-state index contributed by atoms with van der Waals surface area (Å²) in [5.41, 5.74) is 3.81. The van der Waals surface area contributed by atoms with Gasteiger partial charge in [-0.2, -0.15) is 0 Å². The molecule has 1 aromatic heterocycles. The summed E-state index contributed by atoms with van der Waals surface area (Å²) in [7, 11) is 3.60. The molecule has 3 aromatic rings. The molecule has 0 bridgehead atoms. The number of rotatable bonds is 8. The van der Waals surface area contributed by atoms with E-state index in [9.17, 15) is 14.7 Å². The van der Waals surface area contributed by atoms with Crippen molar-refractivity contribution in [3.05, 3.63) is 71.9 Å². The number of pyridine rings is 1. The van der Waals surface area contributed by atoms with Crippen LogP contribution in [0.15, 0.2) is 60.8 Å². The Balaban J connectivity index is 0.000000180. The van der Waals surface area contributed by atoms with Crippen LogP contribution in [0.1, 0.15) is 42.1 Å². The lowest BCUT2D eigenvalue weighted by Crippen LogP contribution is -2.48. The lowest BCUT2D eigenvalue weighted by Gasteiger charge is -2.32. The minimum absolute atomic E-state index is 0.0307. The van der Waals surface area contributed by atoms with Crippen LogP contribution < -0.4 is 5.32 Å². The van der Waals surface area contributed by atoms with E-state index in [4.69, 9.17) is 4.74 Å². The van der Waals surface area contributed by atoms with Gasteiger partial charge >= 0.3 is 0 Å². The molecule has 0 spiro atoms. The van der Waals surface area contributed by atoms with Gasteiger partial charge in [0.05, 0.1) is 11.6 Å². The van der Waals surface area contributed by atoms with Crippen molar-refractivity contribution in [2.75, 3.05) is 52.3 Å². The minimum atomic E-state index is -0.266. The fourth-order valence-corrected chi connectivity index (χ4v) is 4.24. The highest BCUT2D eigenvalue weighted by atomic mass is 16.5. The maximum Gasteiger partial charge on any atom is 0.253 e. The summed E-state index contributed by atoms with van der Waals surface area (Å²) < 4.78 is 4.87. The zero-order valence-electron chi connectivity index (χ0n) is 23.4. The SMILES string of the molecule is CCC(O)Cc1cccc2cccnc12.CNc1ccc(C(=O)N2CCN(C=O)CC2)cc1.COCC1CC1. The number of aromatic nitrogens is 1. The first-order chi connectivity index (χ1) is 19.0. The largest absolute Gasteiger partial charge is 0.393 e. The van der Waals surface area contributed by atoms with Crippen LogP contribution in [0.25, 0.3) is 10.9 Å². The Morgan fingerprint density at radius 3 is 2.36 bits per heavy atom. The van der Waals surface area contributed by atoms with Crippen molar-refractivity contribution in [2.24, 2.45) is 5.92 Å². The number of para-hydroxylation sites is 1. The third kappa shape index (κ3) is 9.64. The number of aliphatic hydroxyl groups is 1. The van der Waals surface area contributed by atoms with Crippen molar-refractivity contribution in [3.8, 4) is 0 Å². The van der Waals surface area contributed by atoms with Crippen molar-refractivity contribution in [1.82, 2.24) is 14.8 Å². The van der Waals surface area contributed by atoms with Crippen LogP contribution in [0, 0.1) is 5.92 Å². The number of carbonyl (C=O) groups excluding carboxylic acids is 2. The average Bonchev–Trinajstić information content (AvgIpc) is 3.82. The normalized spacial score (nSPS) is 15.4. The number of benzene rings is 2. The molecule has 1 unspecified atom stereocenters. The number of ether oxygens (including phenoxy) is 1. The Kier molecular flexibility index (Phi) is 12.2.